The van der Waals surface area contributed by atoms with Crippen molar-refractivity contribution in [1.82, 2.24) is 4.90 Å². The van der Waals surface area contributed by atoms with Crippen LogP contribution in [0.2, 0.25) is 0 Å². The van der Waals surface area contributed by atoms with E-state index >= 15 is 0 Å². The highest BCUT2D eigenvalue weighted by atomic mass is 16.5. The molecule has 1 spiro atoms. The van der Waals surface area contributed by atoms with E-state index in [4.69, 9.17) is 9.15 Å². The van der Waals surface area contributed by atoms with E-state index in [9.17, 15) is 9.59 Å². The molecule has 0 bridgehead atoms. The summed E-state index contributed by atoms with van der Waals surface area (Å²) >= 11 is 0. The third-order valence-corrected chi connectivity index (χ3v) is 5.29. The molecule has 22 heavy (non-hydrogen) atoms. The van der Waals surface area contributed by atoms with Gasteiger partial charge in [-0.05, 0) is 40.3 Å². The Labute approximate surface area is 130 Å². The molecule has 0 aromatic carbocycles. The second-order valence-corrected chi connectivity index (χ2v) is 6.73. The first-order valence-corrected chi connectivity index (χ1v) is 7.85. The second kappa shape index (κ2) is 4.95. The van der Waals surface area contributed by atoms with Gasteiger partial charge < -0.3 is 14.1 Å². The lowest BCUT2D eigenvalue weighted by molar-refractivity contribution is 0.0485. The standard InChI is InChI=1S/C17H23NO4/c1-6-21-16(20)14-10(3)13-11(22-14)7-9(2)17(15(13)19)8-12(17)18(4)5/h9,12H,6-8H2,1-5H3. The molecule has 3 unspecified atom stereocenters. The van der Waals surface area contributed by atoms with Crippen molar-refractivity contribution >= 4 is 11.8 Å². The van der Waals surface area contributed by atoms with Crippen LogP contribution >= 0.6 is 0 Å². The number of Topliss-reactive ketones (excluding diaryl/α,β-unsaturated/α-hetero) is 1. The minimum atomic E-state index is -0.483. The third-order valence-electron chi connectivity index (χ3n) is 5.29. The van der Waals surface area contributed by atoms with E-state index in [1.54, 1.807) is 13.8 Å². The van der Waals surface area contributed by atoms with Gasteiger partial charge in [0.05, 0.1) is 17.6 Å². The lowest BCUT2D eigenvalue weighted by Crippen LogP contribution is -2.37. The van der Waals surface area contributed by atoms with Gasteiger partial charge in [-0.2, -0.15) is 0 Å². The molecule has 0 saturated heterocycles. The smallest absolute Gasteiger partial charge is 0.374 e. The Balaban J connectivity index is 2.02. The van der Waals surface area contributed by atoms with Crippen LogP contribution in [0.1, 0.15) is 52.5 Å². The summed E-state index contributed by atoms with van der Waals surface area (Å²) in [7, 11) is 4.03. The number of nitrogens with zero attached hydrogens (tertiary/aromatic N) is 1. The fourth-order valence-electron chi connectivity index (χ4n) is 4.00. The average molecular weight is 305 g/mol. The molecular formula is C17H23NO4. The van der Waals surface area contributed by atoms with Crippen molar-refractivity contribution in [2.45, 2.75) is 39.7 Å². The molecule has 5 heteroatoms. The van der Waals surface area contributed by atoms with Gasteiger partial charge in [-0.1, -0.05) is 6.92 Å². The number of hydrogen-bond acceptors (Lipinski definition) is 5. The van der Waals surface area contributed by atoms with E-state index in [1.165, 1.54) is 0 Å². The Morgan fingerprint density at radius 2 is 2.14 bits per heavy atom. The first-order valence-electron chi connectivity index (χ1n) is 7.85. The van der Waals surface area contributed by atoms with Crippen LogP contribution in [0.25, 0.3) is 0 Å². The van der Waals surface area contributed by atoms with Crippen molar-refractivity contribution in [3.05, 3.63) is 22.6 Å². The van der Waals surface area contributed by atoms with Crippen LogP contribution in [0.5, 0.6) is 0 Å². The molecule has 1 fully saturated rings. The Morgan fingerprint density at radius 1 is 1.45 bits per heavy atom. The molecular weight excluding hydrogens is 282 g/mol. The summed E-state index contributed by atoms with van der Waals surface area (Å²) in [6.07, 6.45) is 1.59. The largest absolute Gasteiger partial charge is 0.460 e. The van der Waals surface area contributed by atoms with Crippen LogP contribution in [0.15, 0.2) is 4.42 Å². The lowest BCUT2D eigenvalue weighted by Gasteiger charge is -2.29. The van der Waals surface area contributed by atoms with Gasteiger partial charge in [0, 0.05) is 18.0 Å². The average Bonchev–Trinajstić information content (AvgIpc) is 3.12. The quantitative estimate of drug-likeness (QED) is 0.803. The fourth-order valence-corrected chi connectivity index (χ4v) is 4.00. The van der Waals surface area contributed by atoms with Crippen molar-refractivity contribution in [2.24, 2.45) is 11.3 Å². The van der Waals surface area contributed by atoms with Crippen molar-refractivity contribution < 1.29 is 18.7 Å². The number of carbonyl (C=O) groups is 2. The summed E-state index contributed by atoms with van der Waals surface area (Å²) in [6.45, 7) is 5.93. The van der Waals surface area contributed by atoms with Crippen LogP contribution < -0.4 is 0 Å². The van der Waals surface area contributed by atoms with E-state index in [1.807, 2.05) is 14.1 Å². The van der Waals surface area contributed by atoms with Gasteiger partial charge in [-0.25, -0.2) is 4.79 Å². The van der Waals surface area contributed by atoms with Gasteiger partial charge >= 0.3 is 5.97 Å². The third kappa shape index (κ3) is 1.88. The van der Waals surface area contributed by atoms with E-state index in [-0.39, 0.29) is 28.9 Å². The maximum Gasteiger partial charge on any atom is 0.374 e. The molecule has 1 saturated carbocycles. The number of rotatable bonds is 3. The highest BCUT2D eigenvalue weighted by molar-refractivity contribution is 6.08. The van der Waals surface area contributed by atoms with Crippen LogP contribution in [0.4, 0.5) is 0 Å². The topological polar surface area (TPSA) is 59.8 Å². The van der Waals surface area contributed by atoms with E-state index in [0.717, 1.165) is 6.42 Å². The maximum atomic E-state index is 13.1. The van der Waals surface area contributed by atoms with Crippen molar-refractivity contribution in [3.8, 4) is 0 Å². The van der Waals surface area contributed by atoms with Gasteiger partial charge in [0.2, 0.25) is 5.76 Å². The fraction of sp³-hybridized carbons (Fsp3) is 0.647. The zero-order valence-electron chi connectivity index (χ0n) is 13.9. The van der Waals surface area contributed by atoms with Crippen LogP contribution in [-0.2, 0) is 11.2 Å². The predicted molar refractivity (Wildman–Crippen MR) is 81.1 cm³/mol. The number of ketones is 1. The summed E-state index contributed by atoms with van der Waals surface area (Å²) < 4.78 is 10.7. The molecule has 2 aliphatic carbocycles. The molecule has 1 aromatic heterocycles. The summed E-state index contributed by atoms with van der Waals surface area (Å²) in [4.78, 5) is 27.2. The SMILES string of the molecule is CCOC(=O)c1oc2c(c1C)C(=O)C1(CC1N(C)C)C(C)C2. The predicted octanol–water partition coefficient (Wildman–Crippen LogP) is 2.46. The number of furan rings is 1. The molecule has 3 atom stereocenters. The number of esters is 1. The monoisotopic (exact) mass is 305 g/mol. The first-order chi connectivity index (χ1) is 10.3. The Hall–Kier alpha value is -1.62. The van der Waals surface area contributed by atoms with Crippen molar-refractivity contribution in [2.75, 3.05) is 20.7 Å². The molecule has 120 valence electrons. The molecule has 5 nitrogen and oxygen atoms in total. The molecule has 3 rings (SSSR count). The minimum Gasteiger partial charge on any atom is -0.460 e. The molecule has 0 radical (unpaired) electrons. The van der Waals surface area contributed by atoms with Crippen LogP contribution in [-0.4, -0.2) is 43.4 Å². The first kappa shape index (κ1) is 15.3. The summed E-state index contributed by atoms with van der Waals surface area (Å²) in [5.41, 5.74) is 0.941. The summed E-state index contributed by atoms with van der Waals surface area (Å²) in [5.74, 6) is 0.709. The highest BCUT2D eigenvalue weighted by Crippen LogP contribution is 2.60. The molecule has 0 N–H and O–H groups in total. The van der Waals surface area contributed by atoms with Gasteiger partial charge in [-0.15, -0.1) is 0 Å². The zero-order chi connectivity index (χ0) is 16.2. The van der Waals surface area contributed by atoms with Gasteiger partial charge in [0.15, 0.2) is 5.78 Å². The van der Waals surface area contributed by atoms with Crippen molar-refractivity contribution in [3.63, 3.8) is 0 Å². The Bertz CT molecular complexity index is 645. The highest BCUT2D eigenvalue weighted by Gasteiger charge is 2.66. The minimum absolute atomic E-state index is 0.136. The Kier molecular flexibility index (Phi) is 3.44. The van der Waals surface area contributed by atoms with Crippen molar-refractivity contribution in [1.29, 1.82) is 0 Å². The summed E-state index contributed by atoms with van der Waals surface area (Å²) in [6, 6.07) is 0.281. The van der Waals surface area contributed by atoms with Gasteiger partial charge in [0.1, 0.15) is 5.76 Å². The number of carbonyl (C=O) groups excluding carboxylic acids is 2. The summed E-state index contributed by atoms with van der Waals surface area (Å²) in [5, 5.41) is 0. The zero-order valence-corrected chi connectivity index (χ0v) is 13.9. The van der Waals surface area contributed by atoms with E-state index in [0.29, 0.717) is 29.9 Å². The van der Waals surface area contributed by atoms with Gasteiger partial charge in [-0.3, -0.25) is 4.79 Å². The van der Waals surface area contributed by atoms with Gasteiger partial charge in [0.25, 0.3) is 0 Å². The number of ether oxygens (including phenoxy) is 1. The number of fused-ring (bicyclic) bond motifs is 1. The Morgan fingerprint density at radius 3 is 2.68 bits per heavy atom. The maximum absolute atomic E-state index is 13.1. The molecule has 1 heterocycles. The van der Waals surface area contributed by atoms with Crippen LogP contribution in [0, 0.1) is 18.3 Å². The molecule has 1 aromatic rings. The van der Waals surface area contributed by atoms with E-state index < -0.39 is 5.97 Å². The second-order valence-electron chi connectivity index (χ2n) is 6.73. The van der Waals surface area contributed by atoms with Crippen LogP contribution in [0.3, 0.4) is 0 Å². The number of hydrogen-bond donors (Lipinski definition) is 0. The van der Waals surface area contributed by atoms with E-state index in [2.05, 4.69) is 11.8 Å². The molecule has 0 aliphatic heterocycles. The lowest BCUT2D eigenvalue weighted by atomic mass is 9.74. The normalized spacial score (nSPS) is 29.8. The molecule has 2 aliphatic rings. The molecule has 0 amide bonds.